The van der Waals surface area contributed by atoms with Crippen LogP contribution in [-0.2, 0) is 11.2 Å². The molecule has 188 valence electrons. The van der Waals surface area contributed by atoms with Crippen LogP contribution in [0.1, 0.15) is 31.9 Å². The molecule has 2 aromatic rings. The van der Waals surface area contributed by atoms with Gasteiger partial charge in [-0.15, -0.1) is 13.2 Å². The Hall–Kier alpha value is -3.83. The molecule has 0 fully saturated rings. The number of urea groups is 1. The number of halogens is 4. The Balaban J connectivity index is 1.75. The van der Waals surface area contributed by atoms with Crippen molar-refractivity contribution in [3.8, 4) is 5.75 Å². The fraction of sp³-hybridized carbons (Fsp3) is 0.348. The van der Waals surface area contributed by atoms with E-state index >= 15 is 0 Å². The molecule has 0 spiro atoms. The first-order chi connectivity index (χ1) is 16.2. The van der Waals surface area contributed by atoms with E-state index in [1.165, 1.54) is 42.3 Å². The molecule has 1 unspecified atom stereocenters. The van der Waals surface area contributed by atoms with Crippen molar-refractivity contribution in [3.63, 3.8) is 0 Å². The average Bonchev–Trinajstić information content (AvgIpc) is 3.08. The zero-order chi connectivity index (χ0) is 26.0. The maximum absolute atomic E-state index is 13.8. The molecule has 12 heteroatoms. The van der Waals surface area contributed by atoms with Crippen molar-refractivity contribution in [2.45, 2.75) is 45.2 Å². The number of carbonyl (C=O) groups excluding carboxylic acids is 2. The fourth-order valence-electron chi connectivity index (χ4n) is 3.39. The second-order valence-electron chi connectivity index (χ2n) is 8.75. The Bertz CT molecular complexity index is 1130. The van der Waals surface area contributed by atoms with Gasteiger partial charge in [0.25, 0.3) is 0 Å². The van der Waals surface area contributed by atoms with E-state index in [0.717, 1.165) is 12.1 Å². The number of benzene rings is 2. The Morgan fingerprint density at radius 3 is 2.34 bits per heavy atom. The third-order valence-corrected chi connectivity index (χ3v) is 4.84. The summed E-state index contributed by atoms with van der Waals surface area (Å²) in [6.07, 6.45) is -5.19. The molecule has 8 nitrogen and oxygen atoms in total. The molecule has 1 atom stereocenters. The number of hydrogen-bond donors (Lipinski definition) is 2. The van der Waals surface area contributed by atoms with Gasteiger partial charge in [0, 0.05) is 18.3 Å². The van der Waals surface area contributed by atoms with Crippen LogP contribution in [0.2, 0.25) is 0 Å². The first kappa shape index (κ1) is 25.8. The van der Waals surface area contributed by atoms with Crippen LogP contribution in [0.15, 0.2) is 47.6 Å². The predicted molar refractivity (Wildman–Crippen MR) is 120 cm³/mol. The van der Waals surface area contributed by atoms with Gasteiger partial charge in [0.05, 0.1) is 11.8 Å². The molecule has 0 aliphatic heterocycles. The summed E-state index contributed by atoms with van der Waals surface area (Å²) in [5.74, 6) is -0.890. The largest absolute Gasteiger partial charge is 0.573 e. The number of alkyl halides is 3. The van der Waals surface area contributed by atoms with Gasteiger partial charge in [-0.25, -0.2) is 19.4 Å². The number of hydrazone groups is 1. The zero-order valence-electron chi connectivity index (χ0n) is 19.4. The van der Waals surface area contributed by atoms with Crippen LogP contribution < -0.4 is 15.5 Å². The van der Waals surface area contributed by atoms with Crippen LogP contribution in [0.25, 0.3) is 0 Å². The molecule has 0 radical (unpaired) electrons. The lowest BCUT2D eigenvalue weighted by Gasteiger charge is -2.28. The molecule has 0 heterocycles. The molecule has 35 heavy (non-hydrogen) atoms. The summed E-state index contributed by atoms with van der Waals surface area (Å²) in [4.78, 5) is 26.3. The van der Waals surface area contributed by atoms with Crippen LogP contribution >= 0.6 is 0 Å². The second kappa shape index (κ2) is 9.80. The third-order valence-electron chi connectivity index (χ3n) is 4.84. The van der Waals surface area contributed by atoms with Gasteiger partial charge < -0.3 is 19.7 Å². The Morgan fingerprint density at radius 1 is 1.09 bits per heavy atom. The highest BCUT2D eigenvalue weighted by Crippen LogP contribution is 2.28. The maximum atomic E-state index is 13.8. The summed E-state index contributed by atoms with van der Waals surface area (Å²) >= 11 is 0. The van der Waals surface area contributed by atoms with Gasteiger partial charge in [0.1, 0.15) is 17.2 Å². The van der Waals surface area contributed by atoms with Crippen molar-refractivity contribution in [1.29, 1.82) is 0 Å². The average molecular weight is 496 g/mol. The van der Waals surface area contributed by atoms with Crippen LogP contribution in [0, 0.1) is 5.82 Å². The number of nitrogens with zero attached hydrogens (tertiary/aromatic N) is 2. The predicted octanol–water partition coefficient (Wildman–Crippen LogP) is 5.04. The van der Waals surface area contributed by atoms with Crippen molar-refractivity contribution < 1.29 is 36.6 Å². The van der Waals surface area contributed by atoms with Gasteiger partial charge in [0.15, 0.2) is 0 Å². The van der Waals surface area contributed by atoms with E-state index in [2.05, 4.69) is 20.6 Å². The summed E-state index contributed by atoms with van der Waals surface area (Å²) < 4.78 is 59.8. The number of rotatable bonds is 4. The van der Waals surface area contributed by atoms with E-state index in [0.29, 0.717) is 16.8 Å². The van der Waals surface area contributed by atoms with Crippen LogP contribution in [0.3, 0.4) is 0 Å². The first-order valence-corrected chi connectivity index (χ1v) is 10.5. The van der Waals surface area contributed by atoms with Gasteiger partial charge in [-0.05, 0) is 75.2 Å². The van der Waals surface area contributed by atoms with E-state index in [-0.39, 0.29) is 12.1 Å². The van der Waals surface area contributed by atoms with E-state index in [9.17, 15) is 27.2 Å². The Kier molecular flexibility index (Phi) is 7.22. The van der Waals surface area contributed by atoms with Gasteiger partial charge in [0.2, 0.25) is 0 Å². The monoisotopic (exact) mass is 496 g/mol. The lowest BCUT2D eigenvalue weighted by Crippen LogP contribution is -2.44. The molecular weight excluding hydrogens is 472 g/mol. The number of fused-ring (bicyclic) bond motifs is 1. The summed E-state index contributed by atoms with van der Waals surface area (Å²) in [6, 6.07) is 7.20. The molecule has 0 saturated heterocycles. The van der Waals surface area contributed by atoms with Gasteiger partial charge in [-0.2, -0.15) is 5.10 Å². The highest BCUT2D eigenvalue weighted by atomic mass is 19.4. The molecule has 3 amide bonds. The van der Waals surface area contributed by atoms with Gasteiger partial charge in [-0.1, -0.05) is 0 Å². The highest BCUT2D eigenvalue weighted by Gasteiger charge is 2.36. The molecule has 0 aromatic heterocycles. The Labute approximate surface area is 198 Å². The van der Waals surface area contributed by atoms with Gasteiger partial charge >= 0.3 is 18.5 Å². The normalized spacial score (nSPS) is 16.5. The lowest BCUT2D eigenvalue weighted by molar-refractivity contribution is -0.274. The van der Waals surface area contributed by atoms with E-state index < -0.39 is 41.7 Å². The fourth-order valence-corrected chi connectivity index (χ4v) is 3.39. The number of anilines is 1. The van der Waals surface area contributed by atoms with E-state index in [1.807, 2.05) is 0 Å². The molecule has 2 aromatic carbocycles. The van der Waals surface area contributed by atoms with E-state index in [1.54, 1.807) is 20.8 Å². The molecule has 1 aliphatic carbocycles. The molecule has 0 saturated carbocycles. The maximum Gasteiger partial charge on any atom is 0.573 e. The SMILES string of the molecule is CN(C(=O)OC(C)(C)C)C1Cc2cc(F)ccc2/C1=N\NC(=O)Nc1ccc(OC(F)(F)F)cc1. The Morgan fingerprint density at radius 2 is 1.74 bits per heavy atom. The van der Waals surface area contributed by atoms with Crippen molar-refractivity contribution >= 4 is 23.5 Å². The summed E-state index contributed by atoms with van der Waals surface area (Å²) in [5.41, 5.74) is 3.24. The smallest absolute Gasteiger partial charge is 0.444 e. The molecular formula is C23H24F4N4O4. The lowest BCUT2D eigenvalue weighted by atomic mass is 10.1. The van der Waals surface area contributed by atoms with Gasteiger partial charge in [-0.3, -0.25) is 0 Å². The molecule has 0 bridgehead atoms. The molecule has 2 N–H and O–H groups in total. The molecule has 3 rings (SSSR count). The number of ether oxygens (including phenoxy) is 2. The van der Waals surface area contributed by atoms with Crippen LogP contribution in [0.4, 0.5) is 32.8 Å². The second-order valence-corrected chi connectivity index (χ2v) is 8.75. The van der Waals surface area contributed by atoms with Crippen molar-refractivity contribution in [2.75, 3.05) is 12.4 Å². The first-order valence-electron chi connectivity index (χ1n) is 10.5. The minimum Gasteiger partial charge on any atom is -0.444 e. The van der Waals surface area contributed by atoms with Crippen LogP contribution in [-0.4, -0.2) is 47.8 Å². The number of nitrogens with one attached hydrogen (secondary N) is 2. The quantitative estimate of drug-likeness (QED) is 0.458. The van der Waals surface area contributed by atoms with E-state index in [4.69, 9.17) is 4.74 Å². The third kappa shape index (κ3) is 7.08. The standard InChI is InChI=1S/C23H24F4N4O4/c1-22(2,3)35-21(33)31(4)18-12-13-11-14(24)5-10-17(13)19(18)29-30-20(32)28-15-6-8-16(9-7-15)34-23(25,26)27/h5-11,18H,12H2,1-4H3,(H2,28,30,32)/b29-19+. The summed E-state index contributed by atoms with van der Waals surface area (Å²) in [6.45, 7) is 5.17. The summed E-state index contributed by atoms with van der Waals surface area (Å²) in [5, 5.41) is 6.57. The van der Waals surface area contributed by atoms with Crippen molar-refractivity contribution in [3.05, 3.63) is 59.4 Å². The number of amides is 3. The summed E-state index contributed by atoms with van der Waals surface area (Å²) in [7, 11) is 1.52. The number of carbonyl (C=O) groups is 2. The minimum absolute atomic E-state index is 0.188. The number of hydrogen-bond acceptors (Lipinski definition) is 5. The number of likely N-dealkylation sites (N-methyl/N-ethyl adjacent to an activating group) is 1. The van der Waals surface area contributed by atoms with Crippen LogP contribution in [0.5, 0.6) is 5.75 Å². The zero-order valence-corrected chi connectivity index (χ0v) is 19.4. The minimum atomic E-state index is -4.83. The topological polar surface area (TPSA) is 92.3 Å². The van der Waals surface area contributed by atoms with Crippen molar-refractivity contribution in [1.82, 2.24) is 10.3 Å². The highest BCUT2D eigenvalue weighted by molar-refractivity contribution is 6.10. The van der Waals surface area contributed by atoms with Crippen molar-refractivity contribution in [2.24, 2.45) is 5.10 Å². The molecule has 1 aliphatic rings.